The van der Waals surface area contributed by atoms with Gasteiger partial charge in [0.2, 0.25) is 5.91 Å². The third-order valence-electron chi connectivity index (χ3n) is 8.45. The molecule has 2 saturated heterocycles. The molecule has 232 valence electrons. The second-order valence-corrected chi connectivity index (χ2v) is 11.5. The number of hydrogen-bond donors (Lipinski definition) is 3. The van der Waals surface area contributed by atoms with Crippen molar-refractivity contribution < 1.29 is 19.1 Å². The predicted molar refractivity (Wildman–Crippen MR) is 169 cm³/mol. The summed E-state index contributed by atoms with van der Waals surface area (Å²) < 4.78 is 7.68. The van der Waals surface area contributed by atoms with Crippen LogP contribution in [0.3, 0.4) is 0 Å². The molecule has 2 aliphatic heterocycles. The van der Waals surface area contributed by atoms with Gasteiger partial charge in [-0.1, -0.05) is 42.5 Å². The summed E-state index contributed by atoms with van der Waals surface area (Å²) in [6, 6.07) is 16.5. The van der Waals surface area contributed by atoms with Gasteiger partial charge in [-0.05, 0) is 49.1 Å². The van der Waals surface area contributed by atoms with Crippen LogP contribution in [-0.4, -0.2) is 74.2 Å². The quantitative estimate of drug-likeness (QED) is 0.275. The zero-order valence-electron chi connectivity index (χ0n) is 25.1. The lowest BCUT2D eigenvalue weighted by Crippen LogP contribution is -2.40. The summed E-state index contributed by atoms with van der Waals surface area (Å²) in [5.74, 6) is -0.167. The number of carbonyl (C=O) groups is 3. The first-order chi connectivity index (χ1) is 21.8. The first kappa shape index (κ1) is 29.8. The van der Waals surface area contributed by atoms with Crippen LogP contribution in [0, 0.1) is 0 Å². The number of rotatable bonds is 8. The summed E-state index contributed by atoms with van der Waals surface area (Å²) in [5.41, 5.74) is 16.3. The SMILES string of the molecule is Cn1cc(-c2cnc(N)c(C(=O)N[C@@H]3CCN(C(=O)Oc4cccc(-c5ccccc5)c4CN4CCC[C@H]4C(N)=O)C3)c2)cn1. The third kappa shape index (κ3) is 6.50. The van der Waals surface area contributed by atoms with Crippen molar-refractivity contribution in [3.05, 3.63) is 84.3 Å². The van der Waals surface area contributed by atoms with Crippen molar-refractivity contribution in [3.63, 3.8) is 0 Å². The number of hydrogen-bond acceptors (Lipinski definition) is 8. The largest absolute Gasteiger partial charge is 0.415 e. The highest BCUT2D eigenvalue weighted by molar-refractivity contribution is 5.99. The van der Waals surface area contributed by atoms with Gasteiger partial charge in [0.15, 0.2) is 0 Å². The van der Waals surface area contributed by atoms with E-state index in [2.05, 4.69) is 15.4 Å². The number of ether oxygens (including phenoxy) is 1. The molecule has 0 bridgehead atoms. The highest BCUT2D eigenvalue weighted by Crippen LogP contribution is 2.34. The Morgan fingerprint density at radius 3 is 2.58 bits per heavy atom. The topological polar surface area (TPSA) is 162 Å². The summed E-state index contributed by atoms with van der Waals surface area (Å²) >= 11 is 0. The van der Waals surface area contributed by atoms with E-state index in [1.807, 2.05) is 60.6 Å². The molecule has 2 aromatic carbocycles. The molecular weight excluding hydrogens is 572 g/mol. The minimum Gasteiger partial charge on any atom is -0.410 e. The number of anilines is 1. The minimum atomic E-state index is -0.508. The van der Waals surface area contributed by atoms with Crippen molar-refractivity contribution in [1.82, 2.24) is 29.9 Å². The Morgan fingerprint density at radius 2 is 1.82 bits per heavy atom. The van der Waals surface area contributed by atoms with E-state index in [1.54, 1.807) is 34.1 Å². The van der Waals surface area contributed by atoms with Gasteiger partial charge in [0.1, 0.15) is 11.6 Å². The molecule has 0 spiro atoms. The maximum absolute atomic E-state index is 13.4. The molecule has 12 heteroatoms. The van der Waals surface area contributed by atoms with Crippen LogP contribution in [0.2, 0.25) is 0 Å². The highest BCUT2D eigenvalue weighted by Gasteiger charge is 2.32. The summed E-state index contributed by atoms with van der Waals surface area (Å²) in [4.78, 5) is 46.6. The number of nitrogens with two attached hydrogens (primary N) is 2. The Morgan fingerprint density at radius 1 is 1.00 bits per heavy atom. The van der Waals surface area contributed by atoms with Crippen molar-refractivity contribution in [1.29, 1.82) is 0 Å². The van der Waals surface area contributed by atoms with Crippen molar-refractivity contribution in [3.8, 4) is 28.0 Å². The Hall–Kier alpha value is -5.23. The molecule has 0 radical (unpaired) electrons. The van der Waals surface area contributed by atoms with Gasteiger partial charge in [-0.15, -0.1) is 0 Å². The van der Waals surface area contributed by atoms with Crippen LogP contribution in [0.5, 0.6) is 5.75 Å². The Labute approximate surface area is 261 Å². The van der Waals surface area contributed by atoms with Gasteiger partial charge in [-0.2, -0.15) is 5.10 Å². The van der Waals surface area contributed by atoms with Crippen LogP contribution in [-0.2, 0) is 18.4 Å². The van der Waals surface area contributed by atoms with E-state index in [1.165, 1.54) is 0 Å². The second-order valence-electron chi connectivity index (χ2n) is 11.5. The third-order valence-corrected chi connectivity index (χ3v) is 8.45. The van der Waals surface area contributed by atoms with E-state index >= 15 is 0 Å². The standard InChI is InChI=1S/C33H36N8O4/c1-39-18-23(17-37-39)22-15-26(30(34)36-16-22)32(43)38-24-12-14-41(19-24)33(44)45-29-11-5-9-25(21-7-3-2-4-8-21)27(29)20-40-13-6-10-28(40)31(35)42/h2-5,7-9,11,15-18,24,28H,6,10,12-14,19-20H2,1H3,(H2,34,36)(H2,35,42)(H,38,43)/t24-,28+/m1/s1. The van der Waals surface area contributed by atoms with E-state index in [0.717, 1.165) is 40.8 Å². The summed E-state index contributed by atoms with van der Waals surface area (Å²) in [7, 11) is 1.81. The summed E-state index contributed by atoms with van der Waals surface area (Å²) in [6.45, 7) is 1.83. The number of carbonyl (C=O) groups excluding carboxylic acids is 3. The average Bonchev–Trinajstić information content (AvgIpc) is 3.80. The molecule has 4 aromatic rings. The fourth-order valence-corrected chi connectivity index (χ4v) is 6.10. The summed E-state index contributed by atoms with van der Waals surface area (Å²) in [6.07, 6.45) is 6.75. The Bertz CT molecular complexity index is 1720. The number of aromatic nitrogens is 3. The number of nitrogens with zero attached hydrogens (tertiary/aromatic N) is 5. The first-order valence-electron chi connectivity index (χ1n) is 15.0. The van der Waals surface area contributed by atoms with Gasteiger partial charge < -0.3 is 26.4 Å². The molecular formula is C33H36N8O4. The maximum atomic E-state index is 13.4. The van der Waals surface area contributed by atoms with E-state index in [4.69, 9.17) is 16.2 Å². The fraction of sp³-hybridized carbons (Fsp3) is 0.303. The molecule has 2 aliphatic rings. The summed E-state index contributed by atoms with van der Waals surface area (Å²) in [5, 5.41) is 7.17. The molecule has 2 fully saturated rings. The second kappa shape index (κ2) is 12.8. The van der Waals surface area contributed by atoms with Crippen LogP contribution >= 0.6 is 0 Å². The number of amides is 3. The van der Waals surface area contributed by atoms with E-state index in [0.29, 0.717) is 31.7 Å². The van der Waals surface area contributed by atoms with Crippen LogP contribution in [0.25, 0.3) is 22.3 Å². The molecule has 0 saturated carbocycles. The minimum absolute atomic E-state index is 0.122. The van der Waals surface area contributed by atoms with Gasteiger partial charge in [-0.3, -0.25) is 19.2 Å². The normalized spacial score (nSPS) is 18.2. The van der Waals surface area contributed by atoms with Crippen molar-refractivity contribution in [2.24, 2.45) is 12.8 Å². The lowest BCUT2D eigenvalue weighted by Gasteiger charge is -2.25. The maximum Gasteiger partial charge on any atom is 0.415 e. The molecule has 4 heterocycles. The number of pyridine rings is 1. The van der Waals surface area contributed by atoms with Crippen molar-refractivity contribution in [2.75, 3.05) is 25.4 Å². The van der Waals surface area contributed by atoms with E-state index < -0.39 is 6.09 Å². The van der Waals surface area contributed by atoms with Crippen LogP contribution in [0.4, 0.5) is 10.6 Å². The molecule has 2 aromatic heterocycles. The van der Waals surface area contributed by atoms with Gasteiger partial charge in [-0.25, -0.2) is 9.78 Å². The van der Waals surface area contributed by atoms with Gasteiger partial charge >= 0.3 is 6.09 Å². The molecule has 5 N–H and O–H groups in total. The highest BCUT2D eigenvalue weighted by atomic mass is 16.6. The average molecular weight is 609 g/mol. The number of likely N-dealkylation sites (tertiary alicyclic amines) is 2. The number of nitrogen functional groups attached to an aromatic ring is 1. The zero-order valence-corrected chi connectivity index (χ0v) is 25.1. The molecule has 0 aliphatic carbocycles. The van der Waals surface area contributed by atoms with Crippen LogP contribution in [0.1, 0.15) is 35.2 Å². The molecule has 2 atom stereocenters. The zero-order chi connectivity index (χ0) is 31.5. The van der Waals surface area contributed by atoms with Crippen molar-refractivity contribution in [2.45, 2.75) is 37.9 Å². The molecule has 6 rings (SSSR count). The van der Waals surface area contributed by atoms with Crippen LogP contribution < -0.4 is 21.5 Å². The Kier molecular flexibility index (Phi) is 8.47. The first-order valence-corrected chi connectivity index (χ1v) is 15.0. The van der Waals surface area contributed by atoms with Gasteiger partial charge in [0.25, 0.3) is 5.91 Å². The monoisotopic (exact) mass is 608 g/mol. The molecule has 45 heavy (non-hydrogen) atoms. The lowest BCUT2D eigenvalue weighted by atomic mass is 9.98. The number of nitrogens with one attached hydrogen (secondary N) is 1. The smallest absolute Gasteiger partial charge is 0.410 e. The number of primary amides is 1. The number of aryl methyl sites for hydroxylation is 1. The lowest BCUT2D eigenvalue weighted by molar-refractivity contribution is -0.122. The predicted octanol–water partition coefficient (Wildman–Crippen LogP) is 3.18. The van der Waals surface area contributed by atoms with Crippen molar-refractivity contribution >= 4 is 23.7 Å². The fourth-order valence-electron chi connectivity index (χ4n) is 6.10. The molecule has 0 unspecified atom stereocenters. The van der Waals surface area contributed by atoms with Gasteiger partial charge in [0, 0.05) is 61.8 Å². The van der Waals surface area contributed by atoms with E-state index in [-0.39, 0.29) is 41.8 Å². The van der Waals surface area contributed by atoms with E-state index in [9.17, 15) is 14.4 Å². The molecule has 12 nitrogen and oxygen atoms in total. The Balaban J connectivity index is 1.16. The van der Waals surface area contributed by atoms with Crippen LogP contribution in [0.15, 0.2) is 73.2 Å². The number of benzene rings is 2. The molecule has 3 amide bonds. The van der Waals surface area contributed by atoms with Gasteiger partial charge in [0.05, 0.1) is 17.8 Å².